The van der Waals surface area contributed by atoms with Gasteiger partial charge in [-0.05, 0) is 76.1 Å². The van der Waals surface area contributed by atoms with E-state index in [1.165, 1.54) is 39.9 Å². The summed E-state index contributed by atoms with van der Waals surface area (Å²) in [5, 5.41) is 0. The minimum atomic E-state index is -3.61. The molecule has 1 aromatic heterocycles. The zero-order valence-corrected chi connectivity index (χ0v) is 21.6. The number of amides is 1. The van der Waals surface area contributed by atoms with Crippen LogP contribution in [0.1, 0.15) is 42.3 Å². The Morgan fingerprint density at radius 3 is 2.45 bits per heavy atom. The molecule has 1 amide bonds. The maximum Gasteiger partial charge on any atom is 0.279 e. The van der Waals surface area contributed by atoms with E-state index in [0.29, 0.717) is 30.1 Å². The van der Waals surface area contributed by atoms with Crippen LogP contribution in [0.4, 0.5) is 0 Å². The summed E-state index contributed by atoms with van der Waals surface area (Å²) in [5.41, 5.74) is 3.65. The summed E-state index contributed by atoms with van der Waals surface area (Å²) in [6.07, 6.45) is 0. The quantitative estimate of drug-likeness (QED) is 0.446. The molecule has 0 aliphatic rings. The SMILES string of the molecule is CCOCCn1c(=NC(=O)c2ccc(S(=O)(=O)N(C)C(C)C)cc2)sc2c(C)cc(C)cc21. The molecule has 7 nitrogen and oxygen atoms in total. The maximum absolute atomic E-state index is 13.0. The van der Waals surface area contributed by atoms with Gasteiger partial charge in [-0.3, -0.25) is 4.79 Å². The van der Waals surface area contributed by atoms with E-state index in [1.807, 2.05) is 32.3 Å². The van der Waals surface area contributed by atoms with Crippen molar-refractivity contribution in [2.45, 2.75) is 52.1 Å². The third-order valence-electron chi connectivity index (χ3n) is 5.48. The van der Waals surface area contributed by atoms with Crippen molar-refractivity contribution in [1.82, 2.24) is 8.87 Å². The van der Waals surface area contributed by atoms with Crippen LogP contribution < -0.4 is 4.80 Å². The van der Waals surface area contributed by atoms with Crippen molar-refractivity contribution in [3.63, 3.8) is 0 Å². The van der Waals surface area contributed by atoms with Crippen molar-refractivity contribution in [2.24, 2.45) is 4.99 Å². The molecular weight excluding hydrogens is 458 g/mol. The minimum absolute atomic E-state index is 0.148. The number of sulfonamides is 1. The van der Waals surface area contributed by atoms with Gasteiger partial charge in [0.15, 0.2) is 4.80 Å². The number of ether oxygens (including phenoxy) is 1. The largest absolute Gasteiger partial charge is 0.380 e. The van der Waals surface area contributed by atoms with Crippen molar-refractivity contribution in [1.29, 1.82) is 0 Å². The molecule has 0 radical (unpaired) electrons. The number of hydrogen-bond donors (Lipinski definition) is 0. The molecule has 9 heteroatoms. The van der Waals surface area contributed by atoms with Gasteiger partial charge in [0.1, 0.15) is 0 Å². The van der Waals surface area contributed by atoms with Gasteiger partial charge in [-0.2, -0.15) is 9.30 Å². The number of nitrogens with zero attached hydrogens (tertiary/aromatic N) is 3. The molecule has 0 aliphatic heterocycles. The van der Waals surface area contributed by atoms with Crippen molar-refractivity contribution in [3.05, 3.63) is 57.9 Å². The van der Waals surface area contributed by atoms with Crippen LogP contribution in [0.5, 0.6) is 0 Å². The lowest BCUT2D eigenvalue weighted by molar-refractivity contribution is 0.0996. The van der Waals surface area contributed by atoms with Crippen LogP contribution in [-0.2, 0) is 21.3 Å². The average molecular weight is 490 g/mol. The summed E-state index contributed by atoms with van der Waals surface area (Å²) in [6, 6.07) is 9.99. The Kier molecular flexibility index (Phi) is 7.89. The Labute approximate surface area is 199 Å². The number of carbonyl (C=O) groups excluding carboxylic acids is 1. The lowest BCUT2D eigenvalue weighted by atomic mass is 10.1. The second-order valence-electron chi connectivity index (χ2n) is 8.22. The first kappa shape index (κ1) is 25.3. The molecule has 0 unspecified atom stereocenters. The standard InChI is InChI=1S/C24H31N3O4S2/c1-7-31-13-12-27-21-15-17(4)14-18(5)22(21)32-24(27)25-23(28)19-8-10-20(11-9-19)33(29,30)26(6)16(2)3/h8-11,14-16H,7,12-13H2,1-6H3. The number of fused-ring (bicyclic) bond motifs is 1. The van der Waals surface area contributed by atoms with E-state index in [9.17, 15) is 13.2 Å². The molecular formula is C24H31N3O4S2. The Morgan fingerprint density at radius 2 is 1.85 bits per heavy atom. The van der Waals surface area contributed by atoms with Crippen LogP contribution in [0.25, 0.3) is 10.2 Å². The summed E-state index contributed by atoms with van der Waals surface area (Å²) in [6.45, 7) is 11.4. The second kappa shape index (κ2) is 10.3. The van der Waals surface area contributed by atoms with Crippen LogP contribution in [0.15, 0.2) is 46.3 Å². The highest BCUT2D eigenvalue weighted by atomic mass is 32.2. The van der Waals surface area contributed by atoms with Crippen molar-refractivity contribution >= 4 is 37.5 Å². The van der Waals surface area contributed by atoms with Crippen LogP contribution >= 0.6 is 11.3 Å². The number of hydrogen-bond acceptors (Lipinski definition) is 5. The fourth-order valence-corrected chi connectivity index (χ4v) is 5.95. The average Bonchev–Trinajstić information content (AvgIpc) is 3.10. The molecule has 0 spiro atoms. The highest BCUT2D eigenvalue weighted by Crippen LogP contribution is 2.24. The van der Waals surface area contributed by atoms with Gasteiger partial charge in [-0.1, -0.05) is 17.4 Å². The molecule has 3 aromatic rings. The van der Waals surface area contributed by atoms with Crippen molar-refractivity contribution in [3.8, 4) is 0 Å². The Morgan fingerprint density at radius 1 is 1.18 bits per heavy atom. The lowest BCUT2D eigenvalue weighted by Crippen LogP contribution is -2.33. The zero-order chi connectivity index (χ0) is 24.3. The summed E-state index contributed by atoms with van der Waals surface area (Å²) in [4.78, 5) is 18.1. The topological polar surface area (TPSA) is 81.0 Å². The third kappa shape index (κ3) is 5.43. The normalized spacial score (nSPS) is 12.9. The van der Waals surface area contributed by atoms with E-state index < -0.39 is 15.9 Å². The van der Waals surface area contributed by atoms with E-state index in [1.54, 1.807) is 7.05 Å². The Hall–Kier alpha value is -2.33. The molecule has 178 valence electrons. The molecule has 33 heavy (non-hydrogen) atoms. The summed E-state index contributed by atoms with van der Waals surface area (Å²) in [5.74, 6) is -0.415. The fourth-order valence-electron chi connectivity index (χ4n) is 3.48. The molecule has 3 rings (SSSR count). The molecule has 0 N–H and O–H groups in total. The van der Waals surface area contributed by atoms with Gasteiger partial charge in [-0.25, -0.2) is 8.42 Å². The number of carbonyl (C=O) groups is 1. The third-order valence-corrected chi connectivity index (χ3v) is 8.76. The highest BCUT2D eigenvalue weighted by molar-refractivity contribution is 7.89. The van der Waals surface area contributed by atoms with Crippen LogP contribution in [0.2, 0.25) is 0 Å². The van der Waals surface area contributed by atoms with Crippen LogP contribution in [0, 0.1) is 13.8 Å². The first-order valence-corrected chi connectivity index (χ1v) is 13.2. The van der Waals surface area contributed by atoms with Crippen molar-refractivity contribution < 1.29 is 17.9 Å². The lowest BCUT2D eigenvalue weighted by Gasteiger charge is -2.20. The Bertz CT molecular complexity index is 1320. The summed E-state index contributed by atoms with van der Waals surface area (Å²) >= 11 is 1.47. The highest BCUT2D eigenvalue weighted by Gasteiger charge is 2.23. The van der Waals surface area contributed by atoms with Gasteiger partial charge in [0.05, 0.1) is 21.7 Å². The fraction of sp³-hybridized carbons (Fsp3) is 0.417. The molecule has 0 saturated heterocycles. The van der Waals surface area contributed by atoms with Gasteiger partial charge in [0.25, 0.3) is 5.91 Å². The number of rotatable bonds is 8. The number of benzene rings is 2. The summed E-state index contributed by atoms with van der Waals surface area (Å²) in [7, 11) is -2.07. The van der Waals surface area contributed by atoms with E-state index in [2.05, 4.69) is 24.0 Å². The first-order valence-electron chi connectivity index (χ1n) is 10.9. The van der Waals surface area contributed by atoms with E-state index in [4.69, 9.17) is 4.74 Å². The molecule has 0 saturated carbocycles. The van der Waals surface area contributed by atoms with E-state index >= 15 is 0 Å². The van der Waals surface area contributed by atoms with Gasteiger partial charge >= 0.3 is 0 Å². The van der Waals surface area contributed by atoms with E-state index in [0.717, 1.165) is 21.3 Å². The molecule has 0 atom stereocenters. The number of aryl methyl sites for hydroxylation is 2. The predicted molar refractivity (Wildman–Crippen MR) is 132 cm³/mol. The second-order valence-corrected chi connectivity index (χ2v) is 11.2. The molecule has 0 aliphatic carbocycles. The predicted octanol–water partition coefficient (Wildman–Crippen LogP) is 4.13. The molecule has 0 bridgehead atoms. The zero-order valence-electron chi connectivity index (χ0n) is 20.0. The number of thiazole rings is 1. The summed E-state index contributed by atoms with van der Waals surface area (Å²) < 4.78 is 35.3. The molecule has 2 aromatic carbocycles. The number of aromatic nitrogens is 1. The first-order chi connectivity index (χ1) is 15.6. The van der Waals surface area contributed by atoms with Crippen LogP contribution in [-0.4, -0.2) is 49.5 Å². The monoisotopic (exact) mass is 489 g/mol. The smallest absolute Gasteiger partial charge is 0.279 e. The van der Waals surface area contributed by atoms with E-state index in [-0.39, 0.29) is 10.9 Å². The maximum atomic E-state index is 13.0. The Balaban J connectivity index is 2.01. The molecule has 1 heterocycles. The van der Waals surface area contributed by atoms with Crippen molar-refractivity contribution in [2.75, 3.05) is 20.3 Å². The molecule has 0 fully saturated rings. The minimum Gasteiger partial charge on any atom is -0.380 e. The van der Waals surface area contributed by atoms with Gasteiger partial charge in [-0.15, -0.1) is 0 Å². The van der Waals surface area contributed by atoms with Gasteiger partial charge < -0.3 is 9.30 Å². The van der Waals surface area contributed by atoms with Gasteiger partial charge in [0.2, 0.25) is 10.0 Å². The van der Waals surface area contributed by atoms with Crippen LogP contribution in [0.3, 0.4) is 0 Å². The van der Waals surface area contributed by atoms with Gasteiger partial charge in [0, 0.05) is 31.8 Å².